The summed E-state index contributed by atoms with van der Waals surface area (Å²) in [4.78, 5) is 47.3. The van der Waals surface area contributed by atoms with E-state index in [0.717, 1.165) is 24.9 Å². The number of ketones is 2. The molecule has 1 aliphatic rings. The summed E-state index contributed by atoms with van der Waals surface area (Å²) < 4.78 is 9.31. The van der Waals surface area contributed by atoms with E-state index in [4.69, 9.17) is 4.52 Å². The molecular formula is C16H20N2O6S. The summed E-state index contributed by atoms with van der Waals surface area (Å²) in [7, 11) is 2.69. The van der Waals surface area contributed by atoms with Crippen LogP contribution in [0, 0.1) is 0 Å². The van der Waals surface area contributed by atoms with Crippen molar-refractivity contribution in [2.24, 2.45) is 0 Å². The molecule has 0 aromatic carbocycles. The van der Waals surface area contributed by atoms with Crippen LogP contribution in [-0.4, -0.2) is 48.5 Å². The average molecular weight is 368 g/mol. The van der Waals surface area contributed by atoms with Crippen molar-refractivity contribution in [3.63, 3.8) is 0 Å². The summed E-state index contributed by atoms with van der Waals surface area (Å²) in [6, 6.07) is 0. The van der Waals surface area contributed by atoms with Crippen LogP contribution in [0.4, 0.5) is 0 Å². The number of ether oxygens (including phenoxy) is 1. The molecule has 0 fully saturated rings. The van der Waals surface area contributed by atoms with Crippen molar-refractivity contribution in [2.45, 2.75) is 26.7 Å². The van der Waals surface area contributed by atoms with Crippen molar-refractivity contribution < 1.29 is 28.4 Å². The van der Waals surface area contributed by atoms with Crippen LogP contribution >= 0.6 is 11.8 Å². The molecule has 1 aromatic rings. The number of esters is 1. The number of nitrogens with zero attached hydrogens (tertiary/aromatic N) is 1. The zero-order valence-corrected chi connectivity index (χ0v) is 15.3. The minimum absolute atomic E-state index is 0.0973. The predicted molar refractivity (Wildman–Crippen MR) is 91.7 cm³/mol. The molecule has 136 valence electrons. The Kier molecular flexibility index (Phi) is 8.06. The van der Waals surface area contributed by atoms with Crippen LogP contribution in [-0.2, 0) is 9.53 Å². The molecule has 1 amide bonds. The second-order valence-electron chi connectivity index (χ2n) is 4.55. The lowest BCUT2D eigenvalue weighted by atomic mass is 10.00. The molecule has 9 heteroatoms. The average Bonchev–Trinajstić information content (AvgIpc) is 3.09. The number of nitrogens with one attached hydrogen (secondary N) is 1. The first kappa shape index (κ1) is 20.6. The van der Waals surface area contributed by atoms with E-state index in [1.807, 2.05) is 13.8 Å². The Morgan fingerprint density at radius 3 is 2.60 bits per heavy atom. The Morgan fingerprint density at radius 1 is 1.32 bits per heavy atom. The lowest BCUT2D eigenvalue weighted by Crippen LogP contribution is -2.18. The van der Waals surface area contributed by atoms with Gasteiger partial charge in [0.05, 0.1) is 12.0 Å². The third-order valence-corrected chi connectivity index (χ3v) is 4.20. The number of methoxy groups -OCH3 is 1. The molecule has 0 saturated heterocycles. The van der Waals surface area contributed by atoms with Gasteiger partial charge >= 0.3 is 5.97 Å². The summed E-state index contributed by atoms with van der Waals surface area (Å²) >= 11 is 1.15. The summed E-state index contributed by atoms with van der Waals surface area (Å²) in [5, 5.41) is 5.95. The van der Waals surface area contributed by atoms with Gasteiger partial charge in [-0.15, -0.1) is 11.8 Å². The van der Waals surface area contributed by atoms with Gasteiger partial charge in [0.1, 0.15) is 5.56 Å². The van der Waals surface area contributed by atoms with Gasteiger partial charge in [0.15, 0.2) is 0 Å². The third kappa shape index (κ3) is 4.79. The number of rotatable bonds is 6. The molecular weight excluding hydrogens is 348 g/mol. The molecule has 0 spiro atoms. The molecule has 0 saturated carbocycles. The Hall–Kier alpha value is -2.42. The van der Waals surface area contributed by atoms with Crippen molar-refractivity contribution in [3.8, 4) is 0 Å². The minimum atomic E-state index is -0.845. The molecule has 0 atom stereocenters. The van der Waals surface area contributed by atoms with Crippen molar-refractivity contribution in [1.29, 1.82) is 0 Å². The summed E-state index contributed by atoms with van der Waals surface area (Å²) in [6.07, 6.45) is 2.02. The molecule has 0 aliphatic heterocycles. The van der Waals surface area contributed by atoms with E-state index in [0.29, 0.717) is 18.6 Å². The monoisotopic (exact) mass is 368 g/mol. The van der Waals surface area contributed by atoms with E-state index in [9.17, 15) is 19.2 Å². The number of carbonyl (C=O) groups is 4. The second-order valence-corrected chi connectivity index (χ2v) is 5.69. The van der Waals surface area contributed by atoms with Gasteiger partial charge in [-0.1, -0.05) is 19.0 Å². The number of Topliss-reactive ketones (excluding diaryl/α,β-unsaturated/α-hetero) is 1. The van der Waals surface area contributed by atoms with Crippen LogP contribution in [0.5, 0.6) is 0 Å². The first-order valence-electron chi connectivity index (χ1n) is 7.71. The first-order chi connectivity index (χ1) is 12.0. The van der Waals surface area contributed by atoms with E-state index in [1.165, 1.54) is 0 Å². The van der Waals surface area contributed by atoms with Crippen LogP contribution in [0.2, 0.25) is 0 Å². The van der Waals surface area contributed by atoms with Crippen molar-refractivity contribution in [3.05, 3.63) is 28.0 Å². The fraction of sp³-hybridized carbons (Fsp3) is 0.438. The fourth-order valence-corrected chi connectivity index (χ4v) is 2.86. The third-order valence-electron chi connectivity index (χ3n) is 3.09. The van der Waals surface area contributed by atoms with Crippen molar-refractivity contribution in [2.75, 3.05) is 19.9 Å². The topological polar surface area (TPSA) is 116 Å². The molecule has 1 heterocycles. The van der Waals surface area contributed by atoms with Gasteiger partial charge in [-0.3, -0.25) is 14.4 Å². The molecule has 1 aliphatic carbocycles. The molecule has 2 rings (SSSR count). The lowest BCUT2D eigenvalue weighted by molar-refractivity contribution is -0.120. The Balaban J connectivity index is 0.00000151. The summed E-state index contributed by atoms with van der Waals surface area (Å²) in [6.45, 7) is 4.00. The van der Waals surface area contributed by atoms with E-state index < -0.39 is 17.5 Å². The number of aromatic nitrogens is 1. The van der Waals surface area contributed by atoms with Gasteiger partial charge in [-0.2, -0.15) is 0 Å². The molecule has 0 bridgehead atoms. The Bertz CT molecular complexity index is 707. The zero-order chi connectivity index (χ0) is 19.0. The van der Waals surface area contributed by atoms with Gasteiger partial charge in [0, 0.05) is 19.5 Å². The van der Waals surface area contributed by atoms with E-state index in [1.54, 1.807) is 7.05 Å². The van der Waals surface area contributed by atoms with E-state index in [-0.39, 0.29) is 27.8 Å². The summed E-state index contributed by atoms with van der Waals surface area (Å²) in [5.74, 6) is -1.76. The highest BCUT2D eigenvalue weighted by Crippen LogP contribution is 2.31. The lowest BCUT2D eigenvalue weighted by Gasteiger charge is -2.10. The smallest absolute Gasteiger partial charge is 0.361 e. The van der Waals surface area contributed by atoms with Crippen LogP contribution in [0.3, 0.4) is 0 Å². The van der Waals surface area contributed by atoms with Crippen LogP contribution in [0.25, 0.3) is 0 Å². The number of fused-ring (bicyclic) bond motifs is 1. The van der Waals surface area contributed by atoms with Gasteiger partial charge < -0.3 is 14.6 Å². The largest absolute Gasteiger partial charge is 0.464 e. The highest BCUT2D eigenvalue weighted by atomic mass is 32.2. The van der Waals surface area contributed by atoms with Crippen LogP contribution < -0.4 is 5.32 Å². The molecule has 25 heavy (non-hydrogen) atoms. The molecule has 1 aromatic heterocycles. The van der Waals surface area contributed by atoms with Gasteiger partial charge in [-0.25, -0.2) is 4.79 Å². The second kappa shape index (κ2) is 9.77. The zero-order valence-electron chi connectivity index (χ0n) is 14.5. The van der Waals surface area contributed by atoms with Crippen LogP contribution in [0.15, 0.2) is 15.5 Å². The maximum Gasteiger partial charge on any atom is 0.361 e. The quantitative estimate of drug-likeness (QED) is 0.599. The molecule has 8 nitrogen and oxygen atoms in total. The highest BCUT2D eigenvalue weighted by molar-refractivity contribution is 8.04. The van der Waals surface area contributed by atoms with Crippen LogP contribution in [0.1, 0.15) is 58.1 Å². The standard InChI is InChI=1S/C14H14N2O6S.C2H6/c1-15-9(18)4-3-5-23-8-6-7(17)13-10(12(8)19)11(16-22-13)14(20)21-2;1-2/h6H,3-5H2,1-2H3,(H,15,18);1-2H3. The fourth-order valence-electron chi connectivity index (χ4n) is 1.93. The predicted octanol–water partition coefficient (Wildman–Crippen LogP) is 2.01. The summed E-state index contributed by atoms with van der Waals surface area (Å²) in [5.41, 5.74) is -0.476. The van der Waals surface area contributed by atoms with E-state index >= 15 is 0 Å². The van der Waals surface area contributed by atoms with Gasteiger partial charge in [0.2, 0.25) is 28.9 Å². The van der Waals surface area contributed by atoms with Gasteiger partial charge in [0.25, 0.3) is 0 Å². The van der Waals surface area contributed by atoms with E-state index in [2.05, 4.69) is 15.2 Å². The molecule has 0 radical (unpaired) electrons. The normalized spacial score (nSPS) is 12.6. The molecule has 0 unspecified atom stereocenters. The maximum absolute atomic E-state index is 12.4. The van der Waals surface area contributed by atoms with Gasteiger partial charge in [-0.05, 0) is 12.2 Å². The minimum Gasteiger partial charge on any atom is -0.464 e. The number of allylic oxidation sites excluding steroid dienone is 2. The number of amides is 1. The number of carbonyl (C=O) groups excluding carboxylic acids is 4. The Labute approximate surface area is 149 Å². The van der Waals surface area contributed by atoms with Crippen molar-refractivity contribution >= 4 is 35.2 Å². The first-order valence-corrected chi connectivity index (χ1v) is 8.70. The SMILES string of the molecule is CC.CNC(=O)CCCSC1=CC(=O)c2onc(C(=O)OC)c2C1=O. The highest BCUT2D eigenvalue weighted by Gasteiger charge is 2.36. The number of thioether (sulfide) groups is 1. The van der Waals surface area contributed by atoms with Crippen molar-refractivity contribution in [1.82, 2.24) is 10.5 Å². The molecule has 1 N–H and O–H groups in total. The Morgan fingerprint density at radius 2 is 2.00 bits per heavy atom. The number of hydrogen-bond acceptors (Lipinski definition) is 8. The number of hydrogen-bond donors (Lipinski definition) is 1. The maximum atomic E-state index is 12.4.